The number of nitrogen functional groups attached to an aromatic ring is 1. The van der Waals surface area contributed by atoms with Crippen LogP contribution in [0.25, 0.3) is 11.3 Å². The minimum atomic E-state index is -1.82. The third-order valence-corrected chi connectivity index (χ3v) is 8.61. The van der Waals surface area contributed by atoms with E-state index in [0.717, 1.165) is 31.7 Å². The van der Waals surface area contributed by atoms with Crippen LogP contribution in [0.15, 0.2) is 35.3 Å². The first kappa shape index (κ1) is 31.3. The predicted molar refractivity (Wildman–Crippen MR) is 164 cm³/mol. The van der Waals surface area contributed by atoms with Crippen LogP contribution in [-0.2, 0) is 11.2 Å². The van der Waals surface area contributed by atoms with Gasteiger partial charge in [0.1, 0.15) is 28.7 Å². The Morgan fingerprint density at radius 3 is 2.42 bits per heavy atom. The van der Waals surface area contributed by atoms with Crippen LogP contribution in [0.1, 0.15) is 79.6 Å². The van der Waals surface area contributed by atoms with Crippen molar-refractivity contribution in [1.82, 2.24) is 10.3 Å². The molecule has 1 heterocycles. The van der Waals surface area contributed by atoms with Gasteiger partial charge in [-0.2, -0.15) is 0 Å². The van der Waals surface area contributed by atoms with Gasteiger partial charge in [-0.05, 0) is 82.6 Å². The highest BCUT2D eigenvalue weighted by molar-refractivity contribution is 6.31. The molecule has 0 radical (unpaired) electrons. The Morgan fingerprint density at radius 2 is 1.80 bits per heavy atom. The van der Waals surface area contributed by atoms with E-state index in [2.05, 4.69) is 15.3 Å². The van der Waals surface area contributed by atoms with Crippen LogP contribution in [0.5, 0.6) is 5.75 Å². The minimum Gasteiger partial charge on any atom is -0.488 e. The van der Waals surface area contributed by atoms with Crippen molar-refractivity contribution in [3.63, 3.8) is 0 Å². The molecule has 238 valence electrons. The van der Waals surface area contributed by atoms with E-state index in [-0.39, 0.29) is 41.4 Å². The summed E-state index contributed by atoms with van der Waals surface area (Å²) >= 11 is 5.89. The van der Waals surface area contributed by atoms with Crippen molar-refractivity contribution in [3.05, 3.63) is 75.2 Å². The van der Waals surface area contributed by atoms with Gasteiger partial charge in [-0.1, -0.05) is 11.6 Å². The SMILES string of the molecule is CC(C)(O)c1cc([C@@](O)(CNC(=O)c2cc(C=NC3CC3)c(N)c(OC3CC3)c2)C2CC2)nc(-c2cc(Cl)c(F)cc2F)c1F. The van der Waals surface area contributed by atoms with Crippen LogP contribution in [0, 0.1) is 23.4 Å². The van der Waals surface area contributed by atoms with Crippen molar-refractivity contribution in [2.75, 3.05) is 12.3 Å². The van der Waals surface area contributed by atoms with Crippen LogP contribution in [-0.4, -0.2) is 46.0 Å². The summed E-state index contributed by atoms with van der Waals surface area (Å²) in [6, 6.07) is 6.03. The van der Waals surface area contributed by atoms with Crippen LogP contribution in [0.3, 0.4) is 0 Å². The van der Waals surface area contributed by atoms with E-state index < -0.39 is 50.8 Å². The molecule has 3 fully saturated rings. The number of carbonyl (C=O) groups excluding carboxylic acids is 1. The molecule has 2 aromatic carbocycles. The number of aliphatic hydroxyl groups is 2. The Bertz CT molecular complexity index is 1700. The van der Waals surface area contributed by atoms with Crippen molar-refractivity contribution >= 4 is 29.4 Å². The quantitative estimate of drug-likeness (QED) is 0.119. The fourth-order valence-corrected chi connectivity index (χ4v) is 5.32. The molecule has 0 aliphatic heterocycles. The van der Waals surface area contributed by atoms with Gasteiger partial charge in [0, 0.05) is 34.5 Å². The molecule has 0 unspecified atom stereocenters. The average molecular weight is 643 g/mol. The normalized spacial score (nSPS) is 18.2. The lowest BCUT2D eigenvalue weighted by Crippen LogP contribution is -2.43. The molecule has 1 aromatic heterocycles. The molecular weight excluding hydrogens is 609 g/mol. The molecule has 0 bridgehead atoms. The predicted octanol–water partition coefficient (Wildman–Crippen LogP) is 5.78. The van der Waals surface area contributed by atoms with Gasteiger partial charge in [-0.15, -0.1) is 0 Å². The van der Waals surface area contributed by atoms with E-state index in [0.29, 0.717) is 35.9 Å². The Kier molecular flexibility index (Phi) is 8.07. The fourth-order valence-electron chi connectivity index (χ4n) is 5.16. The largest absolute Gasteiger partial charge is 0.488 e. The number of carbonyl (C=O) groups is 1. The number of aliphatic imine (C=N–C) groups is 1. The molecule has 1 atom stereocenters. The number of benzene rings is 2. The molecule has 8 nitrogen and oxygen atoms in total. The molecule has 3 aliphatic carbocycles. The van der Waals surface area contributed by atoms with Gasteiger partial charge in [-0.25, -0.2) is 18.2 Å². The number of rotatable bonds is 11. The lowest BCUT2D eigenvalue weighted by Gasteiger charge is -2.31. The van der Waals surface area contributed by atoms with E-state index >= 15 is 4.39 Å². The lowest BCUT2D eigenvalue weighted by atomic mass is 9.87. The summed E-state index contributed by atoms with van der Waals surface area (Å²) in [6.07, 6.45) is 6.62. The van der Waals surface area contributed by atoms with Crippen LogP contribution in [0.2, 0.25) is 5.02 Å². The monoisotopic (exact) mass is 642 g/mol. The number of nitrogens with zero attached hydrogens (tertiary/aromatic N) is 2. The van der Waals surface area contributed by atoms with Crippen molar-refractivity contribution in [3.8, 4) is 17.0 Å². The highest BCUT2D eigenvalue weighted by Gasteiger charge is 2.47. The molecule has 0 spiro atoms. The molecule has 6 rings (SSSR count). The van der Waals surface area contributed by atoms with E-state index in [1.165, 1.54) is 19.9 Å². The average Bonchev–Trinajstić information content (AvgIpc) is 3.82. The summed E-state index contributed by atoms with van der Waals surface area (Å²) in [6.45, 7) is 2.33. The molecular formula is C33H34ClF3N4O4. The Hall–Kier alpha value is -3.67. The fraction of sp³-hybridized carbons (Fsp3) is 0.424. The summed E-state index contributed by atoms with van der Waals surface area (Å²) in [5.74, 6) is -3.75. The van der Waals surface area contributed by atoms with Gasteiger partial charge < -0.3 is 26.0 Å². The Balaban J connectivity index is 1.35. The molecule has 45 heavy (non-hydrogen) atoms. The maximum absolute atomic E-state index is 15.8. The van der Waals surface area contributed by atoms with E-state index in [1.807, 2.05) is 0 Å². The summed E-state index contributed by atoms with van der Waals surface area (Å²) in [5, 5.41) is 25.2. The highest BCUT2D eigenvalue weighted by atomic mass is 35.5. The van der Waals surface area contributed by atoms with Crippen LogP contribution in [0.4, 0.5) is 18.9 Å². The smallest absolute Gasteiger partial charge is 0.251 e. The van der Waals surface area contributed by atoms with Gasteiger partial charge >= 0.3 is 0 Å². The van der Waals surface area contributed by atoms with Gasteiger partial charge in [0.05, 0.1) is 40.7 Å². The van der Waals surface area contributed by atoms with Crippen molar-refractivity contribution < 1.29 is 32.9 Å². The van der Waals surface area contributed by atoms with E-state index in [4.69, 9.17) is 22.1 Å². The Labute approximate surface area is 263 Å². The minimum absolute atomic E-state index is 0.0309. The maximum atomic E-state index is 15.8. The zero-order valence-electron chi connectivity index (χ0n) is 24.8. The zero-order valence-corrected chi connectivity index (χ0v) is 25.6. The van der Waals surface area contributed by atoms with Gasteiger partial charge in [0.2, 0.25) is 0 Å². The number of nitrogens with two attached hydrogens (primary N) is 1. The molecule has 3 aliphatic rings. The highest BCUT2D eigenvalue weighted by Crippen LogP contribution is 2.47. The van der Waals surface area contributed by atoms with Crippen LogP contribution < -0.4 is 15.8 Å². The number of ether oxygens (including phenoxy) is 1. The molecule has 3 saturated carbocycles. The number of amides is 1. The van der Waals surface area contributed by atoms with E-state index in [9.17, 15) is 23.8 Å². The zero-order chi connectivity index (χ0) is 32.3. The number of aromatic nitrogens is 1. The number of halogens is 4. The second kappa shape index (κ2) is 11.6. The first-order valence-corrected chi connectivity index (χ1v) is 15.3. The summed E-state index contributed by atoms with van der Waals surface area (Å²) in [5.41, 5.74) is 2.55. The van der Waals surface area contributed by atoms with Crippen molar-refractivity contribution in [1.29, 1.82) is 0 Å². The van der Waals surface area contributed by atoms with Crippen molar-refractivity contribution in [2.45, 2.75) is 75.7 Å². The number of anilines is 1. The summed E-state index contributed by atoms with van der Waals surface area (Å²) in [7, 11) is 0. The maximum Gasteiger partial charge on any atom is 0.251 e. The molecule has 3 aromatic rings. The summed E-state index contributed by atoms with van der Waals surface area (Å²) in [4.78, 5) is 22.3. The van der Waals surface area contributed by atoms with Gasteiger partial charge in [0.15, 0.2) is 5.82 Å². The first-order chi connectivity index (χ1) is 21.2. The summed E-state index contributed by atoms with van der Waals surface area (Å²) < 4.78 is 50.6. The first-order valence-electron chi connectivity index (χ1n) is 15.0. The number of pyridine rings is 1. The topological polar surface area (TPSA) is 130 Å². The molecule has 1 amide bonds. The second-order valence-electron chi connectivity index (χ2n) is 12.7. The number of hydrogen-bond donors (Lipinski definition) is 4. The standard InChI is InChI=1S/C33H34ClF3N4O4/c1-32(2,43)22-12-27(41-30(28(22)37)21-11-23(34)25(36)13-24(21)35)33(44,18-3-4-18)15-40-31(42)16-9-17(14-39-19-5-6-19)29(38)26(10-16)45-20-7-8-20/h9-14,18-20,43-44H,3-8,15,38H2,1-2H3,(H,40,42)/t33-/m1/s1. The third kappa shape index (κ3) is 6.66. The number of hydrogen-bond acceptors (Lipinski definition) is 7. The molecule has 5 N–H and O–H groups in total. The van der Waals surface area contributed by atoms with Crippen LogP contribution >= 0.6 is 11.6 Å². The molecule has 0 saturated heterocycles. The lowest BCUT2D eigenvalue weighted by molar-refractivity contribution is 0.00863. The number of nitrogens with one attached hydrogen (secondary N) is 1. The van der Waals surface area contributed by atoms with Crippen molar-refractivity contribution in [2.24, 2.45) is 10.9 Å². The van der Waals surface area contributed by atoms with Gasteiger partial charge in [-0.3, -0.25) is 9.79 Å². The van der Waals surface area contributed by atoms with Gasteiger partial charge in [0.25, 0.3) is 5.91 Å². The molecule has 12 heteroatoms. The van der Waals surface area contributed by atoms with E-state index in [1.54, 1.807) is 18.3 Å². The second-order valence-corrected chi connectivity index (χ2v) is 13.1. The third-order valence-electron chi connectivity index (χ3n) is 8.32. The Morgan fingerprint density at radius 1 is 1.09 bits per heavy atom.